The number of halogens is 1. The Morgan fingerprint density at radius 3 is 2.67 bits per heavy atom. The molecule has 0 amide bonds. The second kappa shape index (κ2) is 3.66. The minimum atomic E-state index is -0.904. The van der Waals surface area contributed by atoms with Gasteiger partial charge in [-0.2, -0.15) is 0 Å². The molecule has 0 unspecified atom stereocenters. The standard InChI is InChI=1S/C8H7IO2S/c1-4-2-5(12)3-6(7(4)9)8(10)11/h2-3,12H,1H3,(H,10,11). The lowest BCUT2D eigenvalue weighted by atomic mass is 10.1. The second-order valence-corrected chi connectivity index (χ2v) is 4.02. The summed E-state index contributed by atoms with van der Waals surface area (Å²) in [6.45, 7) is 1.87. The molecule has 0 aliphatic carbocycles. The Morgan fingerprint density at radius 1 is 1.58 bits per heavy atom. The van der Waals surface area contributed by atoms with Crippen LogP contribution in [-0.4, -0.2) is 11.1 Å². The molecule has 1 rings (SSSR count). The largest absolute Gasteiger partial charge is 0.478 e. The van der Waals surface area contributed by atoms with Crippen molar-refractivity contribution in [2.24, 2.45) is 0 Å². The van der Waals surface area contributed by atoms with Gasteiger partial charge in [-0.25, -0.2) is 4.79 Å². The van der Waals surface area contributed by atoms with Gasteiger partial charge in [-0.1, -0.05) is 0 Å². The van der Waals surface area contributed by atoms with Crippen molar-refractivity contribution in [1.29, 1.82) is 0 Å². The van der Waals surface area contributed by atoms with Crippen LogP contribution in [0.5, 0.6) is 0 Å². The SMILES string of the molecule is Cc1cc(S)cc(C(=O)O)c1I. The van der Waals surface area contributed by atoms with Crippen LogP contribution >= 0.6 is 35.2 Å². The average Bonchev–Trinajstić information content (AvgIpc) is 1.96. The Morgan fingerprint density at radius 2 is 2.17 bits per heavy atom. The van der Waals surface area contributed by atoms with Gasteiger partial charge in [0.15, 0.2) is 0 Å². The molecule has 0 saturated heterocycles. The topological polar surface area (TPSA) is 37.3 Å². The Hall–Kier alpha value is -0.230. The zero-order valence-electron chi connectivity index (χ0n) is 6.34. The Balaban J connectivity index is 3.37. The van der Waals surface area contributed by atoms with Gasteiger partial charge in [-0.3, -0.25) is 0 Å². The molecular formula is C8H7IO2S. The monoisotopic (exact) mass is 294 g/mol. The van der Waals surface area contributed by atoms with Gasteiger partial charge in [-0.15, -0.1) is 12.6 Å². The van der Waals surface area contributed by atoms with Gasteiger partial charge in [-0.05, 0) is 47.2 Å². The van der Waals surface area contributed by atoms with Crippen molar-refractivity contribution in [2.45, 2.75) is 11.8 Å². The van der Waals surface area contributed by atoms with Gasteiger partial charge in [0.05, 0.1) is 5.56 Å². The van der Waals surface area contributed by atoms with E-state index in [1.807, 2.05) is 35.6 Å². The minimum Gasteiger partial charge on any atom is -0.478 e. The summed E-state index contributed by atoms with van der Waals surface area (Å²) in [6.07, 6.45) is 0. The number of benzene rings is 1. The number of rotatable bonds is 1. The van der Waals surface area contributed by atoms with Crippen molar-refractivity contribution in [1.82, 2.24) is 0 Å². The van der Waals surface area contributed by atoms with Crippen LogP contribution in [0.15, 0.2) is 17.0 Å². The molecule has 0 radical (unpaired) electrons. The highest BCUT2D eigenvalue weighted by atomic mass is 127. The van der Waals surface area contributed by atoms with Crippen LogP contribution in [0.4, 0.5) is 0 Å². The van der Waals surface area contributed by atoms with Crippen LogP contribution in [0.3, 0.4) is 0 Å². The summed E-state index contributed by atoms with van der Waals surface area (Å²) in [5.74, 6) is -0.904. The Labute approximate surface area is 89.5 Å². The van der Waals surface area contributed by atoms with Crippen LogP contribution in [0.2, 0.25) is 0 Å². The number of aryl methyl sites for hydroxylation is 1. The molecule has 1 aromatic carbocycles. The van der Waals surface area contributed by atoms with Gasteiger partial charge < -0.3 is 5.11 Å². The third kappa shape index (κ3) is 1.92. The number of carboxylic acid groups (broad SMARTS) is 1. The third-order valence-electron chi connectivity index (χ3n) is 1.47. The zero-order valence-corrected chi connectivity index (χ0v) is 9.39. The molecular weight excluding hydrogens is 287 g/mol. The quantitative estimate of drug-likeness (QED) is 0.617. The van der Waals surface area contributed by atoms with E-state index < -0.39 is 5.97 Å². The smallest absolute Gasteiger partial charge is 0.336 e. The van der Waals surface area contributed by atoms with Crippen LogP contribution in [0.25, 0.3) is 0 Å². The number of hydrogen-bond donors (Lipinski definition) is 2. The number of thiol groups is 1. The van der Waals surface area contributed by atoms with Gasteiger partial charge in [0.1, 0.15) is 0 Å². The summed E-state index contributed by atoms with van der Waals surface area (Å²) >= 11 is 6.12. The molecule has 0 fully saturated rings. The fourth-order valence-electron chi connectivity index (χ4n) is 0.906. The van der Waals surface area contributed by atoms with Crippen molar-refractivity contribution in [3.63, 3.8) is 0 Å². The molecule has 0 heterocycles. The van der Waals surface area contributed by atoms with Crippen molar-refractivity contribution in [2.75, 3.05) is 0 Å². The molecule has 0 aliphatic rings. The summed E-state index contributed by atoms with van der Waals surface area (Å²) in [4.78, 5) is 11.4. The zero-order chi connectivity index (χ0) is 9.30. The van der Waals surface area contributed by atoms with Crippen molar-refractivity contribution < 1.29 is 9.90 Å². The summed E-state index contributed by atoms with van der Waals surface area (Å²) in [5, 5.41) is 8.78. The maximum atomic E-state index is 10.7. The highest BCUT2D eigenvalue weighted by Crippen LogP contribution is 2.21. The first-order valence-electron chi connectivity index (χ1n) is 3.25. The van der Waals surface area contributed by atoms with E-state index in [1.165, 1.54) is 0 Å². The molecule has 2 nitrogen and oxygen atoms in total. The molecule has 0 aliphatic heterocycles. The fourth-order valence-corrected chi connectivity index (χ4v) is 1.77. The van der Waals surface area contributed by atoms with E-state index in [0.717, 1.165) is 9.13 Å². The lowest BCUT2D eigenvalue weighted by molar-refractivity contribution is 0.0695. The van der Waals surface area contributed by atoms with E-state index in [1.54, 1.807) is 6.07 Å². The first kappa shape index (κ1) is 9.85. The van der Waals surface area contributed by atoms with Crippen LogP contribution in [-0.2, 0) is 0 Å². The molecule has 0 aromatic heterocycles. The molecule has 0 saturated carbocycles. The van der Waals surface area contributed by atoms with Gasteiger partial charge in [0.25, 0.3) is 0 Å². The van der Waals surface area contributed by atoms with Crippen molar-refractivity contribution >= 4 is 41.2 Å². The molecule has 4 heteroatoms. The molecule has 0 spiro atoms. The van der Waals surface area contributed by atoms with Gasteiger partial charge in [0.2, 0.25) is 0 Å². The fraction of sp³-hybridized carbons (Fsp3) is 0.125. The van der Waals surface area contributed by atoms with Crippen LogP contribution < -0.4 is 0 Å². The Bertz CT molecular complexity index is 336. The second-order valence-electron chi connectivity index (χ2n) is 2.43. The summed E-state index contributed by atoms with van der Waals surface area (Å²) in [6, 6.07) is 3.40. The summed E-state index contributed by atoms with van der Waals surface area (Å²) < 4.78 is 0.776. The predicted molar refractivity (Wildman–Crippen MR) is 58.1 cm³/mol. The van der Waals surface area contributed by atoms with E-state index in [-0.39, 0.29) is 0 Å². The number of aromatic carboxylic acids is 1. The van der Waals surface area contributed by atoms with Crippen molar-refractivity contribution in [3.8, 4) is 0 Å². The first-order chi connectivity index (χ1) is 5.52. The lowest BCUT2D eigenvalue weighted by Crippen LogP contribution is -2.01. The van der Waals surface area contributed by atoms with Gasteiger partial charge in [0, 0.05) is 8.47 Å². The maximum Gasteiger partial charge on any atom is 0.336 e. The minimum absolute atomic E-state index is 0.320. The van der Waals surface area contributed by atoms with E-state index >= 15 is 0 Å². The first-order valence-corrected chi connectivity index (χ1v) is 4.77. The van der Waals surface area contributed by atoms with E-state index in [9.17, 15) is 4.79 Å². The van der Waals surface area contributed by atoms with E-state index in [2.05, 4.69) is 12.6 Å². The highest BCUT2D eigenvalue weighted by Gasteiger charge is 2.10. The molecule has 64 valence electrons. The average molecular weight is 294 g/mol. The molecule has 12 heavy (non-hydrogen) atoms. The highest BCUT2D eigenvalue weighted by molar-refractivity contribution is 14.1. The van der Waals surface area contributed by atoms with Crippen molar-refractivity contribution in [3.05, 3.63) is 26.8 Å². The molecule has 0 atom stereocenters. The maximum absolute atomic E-state index is 10.7. The molecule has 1 aromatic rings. The number of carbonyl (C=O) groups is 1. The van der Waals surface area contributed by atoms with Gasteiger partial charge >= 0.3 is 5.97 Å². The molecule has 1 N–H and O–H groups in total. The lowest BCUT2D eigenvalue weighted by Gasteiger charge is -2.03. The molecule has 0 bridgehead atoms. The number of hydrogen-bond acceptors (Lipinski definition) is 2. The van der Waals surface area contributed by atoms with Crippen LogP contribution in [0, 0.1) is 10.5 Å². The van der Waals surface area contributed by atoms with E-state index in [4.69, 9.17) is 5.11 Å². The normalized spacial score (nSPS) is 9.92. The van der Waals surface area contributed by atoms with Crippen LogP contribution in [0.1, 0.15) is 15.9 Å². The van der Waals surface area contributed by atoms with E-state index in [0.29, 0.717) is 10.5 Å². The predicted octanol–water partition coefficient (Wildman–Crippen LogP) is 2.59. The third-order valence-corrected chi connectivity index (χ3v) is 3.16. The number of carboxylic acids is 1. The summed E-state index contributed by atoms with van der Waals surface area (Å²) in [7, 11) is 0. The Kier molecular flexibility index (Phi) is 3.00. The summed E-state index contributed by atoms with van der Waals surface area (Å²) in [5.41, 5.74) is 1.26.